The van der Waals surface area contributed by atoms with Gasteiger partial charge in [-0.1, -0.05) is 36.9 Å². The maximum absolute atomic E-state index is 8.99. The highest BCUT2D eigenvalue weighted by atomic mass is 16.5. The van der Waals surface area contributed by atoms with Gasteiger partial charge in [-0.05, 0) is 19.1 Å². The zero-order chi connectivity index (χ0) is 11.0. The SMILES string of the molecule is C=CC(=C)C.COc1ccccc1O. The van der Waals surface area contributed by atoms with Gasteiger partial charge in [0.05, 0.1) is 7.11 Å². The van der Waals surface area contributed by atoms with Crippen molar-refractivity contribution >= 4 is 0 Å². The van der Waals surface area contributed by atoms with Crippen LogP contribution in [0.1, 0.15) is 6.92 Å². The van der Waals surface area contributed by atoms with Crippen molar-refractivity contribution in [1.82, 2.24) is 0 Å². The van der Waals surface area contributed by atoms with Gasteiger partial charge >= 0.3 is 0 Å². The number of rotatable bonds is 2. The summed E-state index contributed by atoms with van der Waals surface area (Å²) in [6, 6.07) is 6.84. The van der Waals surface area contributed by atoms with Crippen molar-refractivity contribution in [2.45, 2.75) is 6.92 Å². The molecule has 0 aliphatic carbocycles. The van der Waals surface area contributed by atoms with Crippen LogP contribution in [0.25, 0.3) is 0 Å². The van der Waals surface area contributed by atoms with Crippen molar-refractivity contribution < 1.29 is 9.84 Å². The molecule has 1 N–H and O–H groups in total. The standard InChI is InChI=1S/C7H8O2.C5H8/c1-9-7-5-3-2-4-6(7)8;1-4-5(2)3/h2-5,8H,1H3;4H,1-2H2,3H3. The molecule has 1 rings (SSSR count). The van der Waals surface area contributed by atoms with Gasteiger partial charge in [0.1, 0.15) is 0 Å². The predicted octanol–water partition coefficient (Wildman–Crippen LogP) is 3.15. The minimum absolute atomic E-state index is 0.181. The highest BCUT2D eigenvalue weighted by Crippen LogP contribution is 2.22. The molecule has 0 saturated heterocycles. The highest BCUT2D eigenvalue weighted by molar-refractivity contribution is 5.37. The minimum Gasteiger partial charge on any atom is -0.504 e. The largest absolute Gasteiger partial charge is 0.504 e. The Bertz CT molecular complexity index is 303. The van der Waals surface area contributed by atoms with Crippen LogP contribution in [0.4, 0.5) is 0 Å². The number of hydrogen-bond donors (Lipinski definition) is 1. The van der Waals surface area contributed by atoms with Gasteiger partial charge in [0.25, 0.3) is 0 Å². The molecule has 0 amide bonds. The van der Waals surface area contributed by atoms with E-state index in [4.69, 9.17) is 9.84 Å². The summed E-state index contributed by atoms with van der Waals surface area (Å²) in [6.45, 7) is 8.93. The zero-order valence-electron chi connectivity index (χ0n) is 8.66. The molecule has 0 heterocycles. The van der Waals surface area contributed by atoms with Crippen LogP contribution < -0.4 is 4.74 Å². The Labute approximate surface area is 85.2 Å². The number of phenolic OH excluding ortho intramolecular Hbond substituents is 1. The van der Waals surface area contributed by atoms with Crippen LogP contribution in [-0.2, 0) is 0 Å². The summed E-state index contributed by atoms with van der Waals surface area (Å²) in [5.74, 6) is 0.692. The van der Waals surface area contributed by atoms with E-state index in [9.17, 15) is 0 Å². The number of para-hydroxylation sites is 2. The Balaban J connectivity index is 0.000000292. The number of aromatic hydroxyl groups is 1. The molecule has 0 aromatic heterocycles. The third-order valence-corrected chi connectivity index (χ3v) is 1.43. The Morgan fingerprint density at radius 3 is 2.21 bits per heavy atom. The molecule has 2 heteroatoms. The summed E-state index contributed by atoms with van der Waals surface area (Å²) in [4.78, 5) is 0. The lowest BCUT2D eigenvalue weighted by atomic mass is 10.3. The maximum atomic E-state index is 8.99. The Kier molecular flexibility index (Phi) is 5.95. The number of methoxy groups -OCH3 is 1. The first-order valence-electron chi connectivity index (χ1n) is 4.21. The maximum Gasteiger partial charge on any atom is 0.160 e. The van der Waals surface area contributed by atoms with Crippen molar-refractivity contribution in [1.29, 1.82) is 0 Å². The first-order chi connectivity index (χ1) is 6.61. The van der Waals surface area contributed by atoms with Crippen LogP contribution in [0.5, 0.6) is 11.5 Å². The first-order valence-corrected chi connectivity index (χ1v) is 4.21. The zero-order valence-corrected chi connectivity index (χ0v) is 8.66. The van der Waals surface area contributed by atoms with E-state index < -0.39 is 0 Å². The van der Waals surface area contributed by atoms with Crippen LogP contribution in [0, 0.1) is 0 Å². The van der Waals surface area contributed by atoms with Gasteiger partial charge in [-0.3, -0.25) is 0 Å². The summed E-state index contributed by atoms with van der Waals surface area (Å²) in [7, 11) is 1.52. The molecular formula is C12H16O2. The third-order valence-electron chi connectivity index (χ3n) is 1.43. The van der Waals surface area contributed by atoms with Crippen LogP contribution in [-0.4, -0.2) is 12.2 Å². The van der Waals surface area contributed by atoms with Gasteiger partial charge in [-0.25, -0.2) is 0 Å². The molecule has 0 aliphatic rings. The molecule has 0 bridgehead atoms. The normalized spacial score (nSPS) is 8.14. The van der Waals surface area contributed by atoms with E-state index in [-0.39, 0.29) is 5.75 Å². The van der Waals surface area contributed by atoms with Crippen LogP contribution in [0.3, 0.4) is 0 Å². The van der Waals surface area contributed by atoms with Crippen molar-refractivity contribution in [3.8, 4) is 11.5 Å². The second-order valence-corrected chi connectivity index (χ2v) is 2.72. The number of phenols is 1. The van der Waals surface area contributed by atoms with Crippen LogP contribution >= 0.6 is 0 Å². The number of ether oxygens (including phenoxy) is 1. The summed E-state index contributed by atoms with van der Waals surface area (Å²) in [6.07, 6.45) is 1.72. The lowest BCUT2D eigenvalue weighted by molar-refractivity contribution is 0.373. The Morgan fingerprint density at radius 1 is 1.43 bits per heavy atom. The average molecular weight is 192 g/mol. The van der Waals surface area contributed by atoms with Gasteiger partial charge in [-0.2, -0.15) is 0 Å². The predicted molar refractivity (Wildman–Crippen MR) is 59.7 cm³/mol. The highest BCUT2D eigenvalue weighted by Gasteiger charge is 1.94. The van der Waals surface area contributed by atoms with Crippen LogP contribution in [0.15, 0.2) is 49.1 Å². The third kappa shape index (κ3) is 5.04. The average Bonchev–Trinajstić information content (AvgIpc) is 2.19. The van der Waals surface area contributed by atoms with Gasteiger partial charge in [0.2, 0.25) is 0 Å². The first kappa shape index (κ1) is 12.3. The summed E-state index contributed by atoms with van der Waals surface area (Å²) in [5, 5.41) is 8.99. The molecule has 0 unspecified atom stereocenters. The summed E-state index contributed by atoms with van der Waals surface area (Å²) in [5.41, 5.74) is 1.02. The van der Waals surface area contributed by atoms with Crippen molar-refractivity contribution in [3.63, 3.8) is 0 Å². The smallest absolute Gasteiger partial charge is 0.160 e. The molecule has 2 nitrogen and oxygen atoms in total. The van der Waals surface area contributed by atoms with Crippen molar-refractivity contribution in [2.75, 3.05) is 7.11 Å². The number of allylic oxidation sites excluding steroid dienone is 2. The molecule has 0 aliphatic heterocycles. The van der Waals surface area contributed by atoms with Gasteiger partial charge in [0.15, 0.2) is 11.5 Å². The Morgan fingerprint density at radius 2 is 1.93 bits per heavy atom. The summed E-state index contributed by atoms with van der Waals surface area (Å²) < 4.78 is 4.79. The molecule has 0 fully saturated rings. The number of hydrogen-bond acceptors (Lipinski definition) is 2. The molecular weight excluding hydrogens is 176 g/mol. The minimum atomic E-state index is 0.181. The fraction of sp³-hybridized carbons (Fsp3) is 0.167. The fourth-order valence-electron chi connectivity index (χ4n) is 0.630. The molecule has 0 saturated carbocycles. The molecule has 14 heavy (non-hydrogen) atoms. The van der Waals surface area contributed by atoms with Crippen molar-refractivity contribution in [2.24, 2.45) is 0 Å². The molecule has 0 atom stereocenters. The molecule has 0 spiro atoms. The Hall–Kier alpha value is -1.70. The van der Waals surface area contributed by atoms with E-state index in [0.29, 0.717) is 5.75 Å². The molecule has 0 radical (unpaired) electrons. The molecule has 1 aromatic carbocycles. The van der Waals surface area contributed by atoms with E-state index in [1.165, 1.54) is 7.11 Å². The number of benzene rings is 1. The lowest BCUT2D eigenvalue weighted by Crippen LogP contribution is -1.80. The van der Waals surface area contributed by atoms with E-state index >= 15 is 0 Å². The van der Waals surface area contributed by atoms with Gasteiger partial charge in [0, 0.05) is 0 Å². The van der Waals surface area contributed by atoms with Crippen LogP contribution in [0.2, 0.25) is 0 Å². The van der Waals surface area contributed by atoms with E-state index in [2.05, 4.69) is 13.2 Å². The van der Waals surface area contributed by atoms with E-state index in [1.807, 2.05) is 6.92 Å². The summed E-state index contributed by atoms with van der Waals surface area (Å²) >= 11 is 0. The second kappa shape index (κ2) is 6.78. The van der Waals surface area contributed by atoms with E-state index in [1.54, 1.807) is 30.3 Å². The fourth-order valence-corrected chi connectivity index (χ4v) is 0.630. The monoisotopic (exact) mass is 192 g/mol. The quantitative estimate of drug-likeness (QED) is 0.729. The molecule has 76 valence electrons. The second-order valence-electron chi connectivity index (χ2n) is 2.72. The van der Waals surface area contributed by atoms with E-state index in [0.717, 1.165) is 5.57 Å². The topological polar surface area (TPSA) is 29.5 Å². The molecule has 1 aromatic rings. The lowest BCUT2D eigenvalue weighted by Gasteiger charge is -1.99. The van der Waals surface area contributed by atoms with Gasteiger partial charge < -0.3 is 9.84 Å². The van der Waals surface area contributed by atoms with Crippen molar-refractivity contribution in [3.05, 3.63) is 49.1 Å². The van der Waals surface area contributed by atoms with Gasteiger partial charge in [-0.15, -0.1) is 0 Å².